The van der Waals surface area contributed by atoms with Crippen LogP contribution in [0.4, 0.5) is 0 Å². The molecule has 0 aliphatic carbocycles. The Kier molecular flexibility index (Phi) is 4.46. The molecule has 0 spiro atoms. The third-order valence-electron chi connectivity index (χ3n) is 5.52. The fourth-order valence-electron chi connectivity index (χ4n) is 3.83. The van der Waals surface area contributed by atoms with Gasteiger partial charge in [0, 0.05) is 18.8 Å². The Labute approximate surface area is 160 Å². The summed E-state index contributed by atoms with van der Waals surface area (Å²) in [6.45, 7) is 9.87. The standard InChI is InChI=1S/C22H26N4O/c1-14-5-7-18(8-6-14)26-21-20(17(4)24-26)19(13-16(3)23-21)22(27)25-11-9-15(2)10-12-25/h5-8,13,15H,9-12H2,1-4H3. The lowest BCUT2D eigenvalue weighted by Gasteiger charge is -2.30. The number of likely N-dealkylation sites (tertiary alicyclic amines) is 1. The van der Waals surface area contributed by atoms with Gasteiger partial charge in [0.2, 0.25) is 0 Å². The molecule has 1 fully saturated rings. The first-order valence-corrected chi connectivity index (χ1v) is 9.67. The smallest absolute Gasteiger partial charge is 0.254 e. The number of pyridine rings is 1. The molecule has 1 amide bonds. The fraction of sp³-hybridized carbons (Fsp3) is 0.409. The number of aromatic nitrogens is 3. The van der Waals surface area contributed by atoms with Gasteiger partial charge in [-0.1, -0.05) is 24.6 Å². The quantitative estimate of drug-likeness (QED) is 0.686. The third-order valence-corrected chi connectivity index (χ3v) is 5.52. The molecule has 1 aliphatic heterocycles. The van der Waals surface area contributed by atoms with Crippen LogP contribution in [0, 0.1) is 26.7 Å². The number of benzene rings is 1. The lowest BCUT2D eigenvalue weighted by atomic mass is 9.98. The van der Waals surface area contributed by atoms with Gasteiger partial charge in [0.15, 0.2) is 5.65 Å². The van der Waals surface area contributed by atoms with Crippen molar-refractivity contribution >= 4 is 16.9 Å². The summed E-state index contributed by atoms with van der Waals surface area (Å²) in [5.74, 6) is 0.795. The maximum Gasteiger partial charge on any atom is 0.254 e. The van der Waals surface area contributed by atoms with Gasteiger partial charge < -0.3 is 4.90 Å². The first-order valence-electron chi connectivity index (χ1n) is 9.67. The van der Waals surface area contributed by atoms with Crippen molar-refractivity contribution in [2.24, 2.45) is 5.92 Å². The summed E-state index contributed by atoms with van der Waals surface area (Å²) >= 11 is 0. The second kappa shape index (κ2) is 6.80. The van der Waals surface area contributed by atoms with E-state index < -0.39 is 0 Å². The van der Waals surface area contributed by atoms with E-state index in [0.29, 0.717) is 5.92 Å². The normalized spacial score (nSPS) is 15.5. The van der Waals surface area contributed by atoms with Crippen LogP contribution in [0.5, 0.6) is 0 Å². The second-order valence-corrected chi connectivity index (χ2v) is 7.82. The van der Waals surface area contributed by atoms with Crippen molar-refractivity contribution in [2.45, 2.75) is 40.5 Å². The SMILES string of the molecule is Cc1ccc(-n2nc(C)c3c(C(=O)N4CCC(C)CC4)cc(C)nc32)cc1. The van der Waals surface area contributed by atoms with Gasteiger partial charge in [0.25, 0.3) is 5.91 Å². The topological polar surface area (TPSA) is 51.0 Å². The monoisotopic (exact) mass is 362 g/mol. The van der Waals surface area contributed by atoms with E-state index >= 15 is 0 Å². The largest absolute Gasteiger partial charge is 0.339 e. The molecule has 3 aromatic rings. The summed E-state index contributed by atoms with van der Waals surface area (Å²) in [4.78, 5) is 20.0. The van der Waals surface area contributed by atoms with Crippen molar-refractivity contribution in [1.29, 1.82) is 0 Å². The number of hydrogen-bond acceptors (Lipinski definition) is 3. The zero-order valence-electron chi connectivity index (χ0n) is 16.5. The molecule has 1 aromatic carbocycles. The van der Waals surface area contributed by atoms with E-state index in [1.54, 1.807) is 0 Å². The molecule has 0 N–H and O–H groups in total. The molecule has 27 heavy (non-hydrogen) atoms. The Morgan fingerprint density at radius 2 is 1.74 bits per heavy atom. The molecule has 2 aromatic heterocycles. The van der Waals surface area contributed by atoms with E-state index in [1.165, 1.54) is 5.56 Å². The van der Waals surface area contributed by atoms with Crippen molar-refractivity contribution in [2.75, 3.05) is 13.1 Å². The first kappa shape index (κ1) is 17.7. The Balaban J connectivity index is 1.82. The molecular formula is C22H26N4O. The summed E-state index contributed by atoms with van der Waals surface area (Å²) < 4.78 is 1.85. The van der Waals surface area contributed by atoms with Crippen molar-refractivity contribution < 1.29 is 4.79 Å². The van der Waals surface area contributed by atoms with Crippen molar-refractivity contribution in [3.63, 3.8) is 0 Å². The highest BCUT2D eigenvalue weighted by Gasteiger charge is 2.25. The summed E-state index contributed by atoms with van der Waals surface area (Å²) in [5, 5.41) is 5.58. The molecule has 1 saturated heterocycles. The number of amides is 1. The average molecular weight is 362 g/mol. The molecule has 5 heteroatoms. The summed E-state index contributed by atoms with van der Waals surface area (Å²) in [6, 6.07) is 10.1. The van der Waals surface area contributed by atoms with Crippen LogP contribution >= 0.6 is 0 Å². The van der Waals surface area contributed by atoms with Crippen molar-refractivity contribution in [3.8, 4) is 5.69 Å². The van der Waals surface area contributed by atoms with Crippen molar-refractivity contribution in [1.82, 2.24) is 19.7 Å². The predicted octanol–water partition coefficient (Wildman–Crippen LogP) is 4.22. The van der Waals surface area contributed by atoms with Gasteiger partial charge in [-0.05, 0) is 57.7 Å². The van der Waals surface area contributed by atoms with Crippen LogP contribution in [-0.4, -0.2) is 38.7 Å². The van der Waals surface area contributed by atoms with Gasteiger partial charge in [0.05, 0.1) is 22.3 Å². The van der Waals surface area contributed by atoms with Crippen LogP contribution in [0.3, 0.4) is 0 Å². The van der Waals surface area contributed by atoms with E-state index in [-0.39, 0.29) is 5.91 Å². The minimum absolute atomic E-state index is 0.101. The Morgan fingerprint density at radius 1 is 1.07 bits per heavy atom. The number of piperidine rings is 1. The minimum atomic E-state index is 0.101. The highest BCUT2D eigenvalue weighted by Crippen LogP contribution is 2.27. The molecule has 0 atom stereocenters. The highest BCUT2D eigenvalue weighted by molar-refractivity contribution is 6.06. The molecule has 3 heterocycles. The van der Waals surface area contributed by atoms with Gasteiger partial charge in [-0.25, -0.2) is 9.67 Å². The zero-order valence-corrected chi connectivity index (χ0v) is 16.5. The Morgan fingerprint density at radius 3 is 2.41 bits per heavy atom. The average Bonchev–Trinajstić information content (AvgIpc) is 2.98. The van der Waals surface area contributed by atoms with Gasteiger partial charge in [-0.15, -0.1) is 0 Å². The summed E-state index contributed by atoms with van der Waals surface area (Å²) in [6.07, 6.45) is 2.14. The highest BCUT2D eigenvalue weighted by atomic mass is 16.2. The number of fused-ring (bicyclic) bond motifs is 1. The molecular weight excluding hydrogens is 336 g/mol. The molecule has 0 radical (unpaired) electrons. The van der Waals surface area contributed by atoms with Gasteiger partial charge in [0.1, 0.15) is 0 Å². The van der Waals surface area contributed by atoms with Crippen LogP contribution in [-0.2, 0) is 0 Å². The van der Waals surface area contributed by atoms with E-state index in [1.807, 2.05) is 41.6 Å². The third kappa shape index (κ3) is 3.22. The lowest BCUT2D eigenvalue weighted by molar-refractivity contribution is 0.0699. The van der Waals surface area contributed by atoms with Gasteiger partial charge >= 0.3 is 0 Å². The Hall–Kier alpha value is -2.69. The fourth-order valence-corrected chi connectivity index (χ4v) is 3.83. The molecule has 0 saturated carbocycles. The van der Waals surface area contributed by atoms with Crippen LogP contribution in [0.15, 0.2) is 30.3 Å². The molecule has 1 aliphatic rings. The zero-order chi connectivity index (χ0) is 19.1. The molecule has 0 bridgehead atoms. The maximum absolute atomic E-state index is 13.3. The number of aryl methyl sites for hydroxylation is 3. The van der Waals surface area contributed by atoms with Crippen LogP contribution in [0.1, 0.15) is 47.1 Å². The van der Waals surface area contributed by atoms with Crippen LogP contribution < -0.4 is 0 Å². The summed E-state index contributed by atoms with van der Waals surface area (Å²) in [7, 11) is 0. The number of hydrogen-bond donors (Lipinski definition) is 0. The molecule has 5 nitrogen and oxygen atoms in total. The molecule has 4 rings (SSSR count). The number of carbonyl (C=O) groups is 1. The Bertz CT molecular complexity index is 995. The van der Waals surface area contributed by atoms with Gasteiger partial charge in [-0.2, -0.15) is 5.10 Å². The predicted molar refractivity (Wildman–Crippen MR) is 107 cm³/mol. The minimum Gasteiger partial charge on any atom is -0.339 e. The van der Waals surface area contributed by atoms with Crippen LogP contribution in [0.25, 0.3) is 16.7 Å². The molecule has 0 unspecified atom stereocenters. The van der Waals surface area contributed by atoms with Crippen molar-refractivity contribution in [3.05, 3.63) is 52.8 Å². The number of nitrogens with zero attached hydrogens (tertiary/aromatic N) is 4. The number of rotatable bonds is 2. The van der Waals surface area contributed by atoms with E-state index in [4.69, 9.17) is 10.1 Å². The second-order valence-electron chi connectivity index (χ2n) is 7.82. The first-order chi connectivity index (χ1) is 12.9. The number of carbonyl (C=O) groups excluding carboxylic acids is 1. The van der Waals surface area contributed by atoms with E-state index in [9.17, 15) is 4.79 Å². The van der Waals surface area contributed by atoms with E-state index in [0.717, 1.165) is 59.6 Å². The molecule has 140 valence electrons. The van der Waals surface area contributed by atoms with E-state index in [2.05, 4.69) is 26.0 Å². The lowest BCUT2D eigenvalue weighted by Crippen LogP contribution is -2.38. The maximum atomic E-state index is 13.3. The van der Waals surface area contributed by atoms with Gasteiger partial charge in [-0.3, -0.25) is 4.79 Å². The van der Waals surface area contributed by atoms with Crippen LogP contribution in [0.2, 0.25) is 0 Å². The summed E-state index contributed by atoms with van der Waals surface area (Å²) in [5.41, 5.74) is 5.32.